The van der Waals surface area contributed by atoms with Crippen molar-refractivity contribution in [3.05, 3.63) is 27.7 Å². The van der Waals surface area contributed by atoms with E-state index in [9.17, 15) is 0 Å². The summed E-state index contributed by atoms with van der Waals surface area (Å²) in [4.78, 5) is 5.50. The third kappa shape index (κ3) is 2.45. The van der Waals surface area contributed by atoms with E-state index in [4.69, 9.17) is 5.84 Å². The van der Waals surface area contributed by atoms with Crippen molar-refractivity contribution in [3.8, 4) is 0 Å². The van der Waals surface area contributed by atoms with Crippen LogP contribution in [0.2, 0.25) is 0 Å². The number of allylic oxidation sites excluding steroid dienone is 1. The fourth-order valence-electron chi connectivity index (χ4n) is 2.01. The quantitative estimate of drug-likeness (QED) is 0.470. The van der Waals surface area contributed by atoms with Crippen LogP contribution >= 0.6 is 11.3 Å². The first-order valence-corrected chi connectivity index (χ1v) is 6.20. The molecule has 1 aliphatic carbocycles. The molecule has 0 saturated heterocycles. The second kappa shape index (κ2) is 4.88. The Hall–Kier alpha value is -0.710. The number of nitrogens with one attached hydrogen (secondary N) is 1. The van der Waals surface area contributed by atoms with E-state index in [0.717, 1.165) is 11.4 Å². The van der Waals surface area contributed by atoms with Crippen LogP contribution in [0.1, 0.15) is 41.6 Å². The van der Waals surface area contributed by atoms with E-state index in [1.807, 2.05) is 13.1 Å². The monoisotopic (exact) mass is 223 g/mol. The molecule has 1 unspecified atom stereocenters. The van der Waals surface area contributed by atoms with Gasteiger partial charge in [0.2, 0.25) is 0 Å². The molecule has 0 bridgehead atoms. The zero-order valence-corrected chi connectivity index (χ0v) is 9.81. The SMILES string of the molecule is Cc1ncc(C(NN)C2=CCCCC2)s1. The summed E-state index contributed by atoms with van der Waals surface area (Å²) in [6, 6.07) is 0.177. The third-order valence-corrected chi connectivity index (χ3v) is 3.76. The molecular formula is C11H17N3S. The van der Waals surface area contributed by atoms with Gasteiger partial charge in [0, 0.05) is 11.1 Å². The molecule has 0 radical (unpaired) electrons. The summed E-state index contributed by atoms with van der Waals surface area (Å²) in [5.74, 6) is 5.63. The molecule has 1 aliphatic rings. The van der Waals surface area contributed by atoms with Gasteiger partial charge in [-0.2, -0.15) is 0 Å². The second-order valence-electron chi connectivity index (χ2n) is 3.91. The minimum Gasteiger partial charge on any atom is -0.271 e. The predicted molar refractivity (Wildman–Crippen MR) is 63.5 cm³/mol. The van der Waals surface area contributed by atoms with Gasteiger partial charge >= 0.3 is 0 Å². The van der Waals surface area contributed by atoms with Gasteiger partial charge in [-0.25, -0.2) is 10.4 Å². The number of hydrogen-bond acceptors (Lipinski definition) is 4. The molecule has 0 saturated carbocycles. The smallest absolute Gasteiger partial charge is 0.0897 e. The Balaban J connectivity index is 2.19. The molecule has 0 aromatic carbocycles. The first kappa shape index (κ1) is 10.8. The number of aryl methyl sites for hydroxylation is 1. The molecule has 2 rings (SSSR count). The number of thiazole rings is 1. The zero-order chi connectivity index (χ0) is 10.7. The topological polar surface area (TPSA) is 50.9 Å². The Labute approximate surface area is 94.4 Å². The molecule has 15 heavy (non-hydrogen) atoms. The van der Waals surface area contributed by atoms with Crippen molar-refractivity contribution >= 4 is 11.3 Å². The fraction of sp³-hybridized carbons (Fsp3) is 0.545. The summed E-state index contributed by atoms with van der Waals surface area (Å²) >= 11 is 1.72. The van der Waals surface area contributed by atoms with Gasteiger partial charge in [0.15, 0.2) is 0 Å². The first-order chi connectivity index (χ1) is 7.31. The van der Waals surface area contributed by atoms with Crippen LogP contribution in [-0.2, 0) is 0 Å². The van der Waals surface area contributed by atoms with Crippen LogP contribution in [0.4, 0.5) is 0 Å². The number of aromatic nitrogens is 1. The van der Waals surface area contributed by atoms with Crippen molar-refractivity contribution in [1.82, 2.24) is 10.4 Å². The highest BCUT2D eigenvalue weighted by atomic mass is 32.1. The Morgan fingerprint density at radius 3 is 2.93 bits per heavy atom. The van der Waals surface area contributed by atoms with Crippen molar-refractivity contribution in [2.45, 2.75) is 38.6 Å². The lowest BCUT2D eigenvalue weighted by Gasteiger charge is -2.21. The Kier molecular flexibility index (Phi) is 3.51. The van der Waals surface area contributed by atoms with E-state index < -0.39 is 0 Å². The van der Waals surface area contributed by atoms with Crippen LogP contribution in [0.25, 0.3) is 0 Å². The Morgan fingerprint density at radius 1 is 1.53 bits per heavy atom. The lowest BCUT2D eigenvalue weighted by molar-refractivity contribution is 0.571. The molecule has 3 N–H and O–H groups in total. The summed E-state index contributed by atoms with van der Waals surface area (Å²) in [6.07, 6.45) is 9.18. The number of rotatable bonds is 3. The summed E-state index contributed by atoms with van der Waals surface area (Å²) in [6.45, 7) is 2.02. The van der Waals surface area contributed by atoms with Gasteiger partial charge in [-0.1, -0.05) is 11.6 Å². The minimum atomic E-state index is 0.177. The lowest BCUT2D eigenvalue weighted by Crippen LogP contribution is -2.29. The van der Waals surface area contributed by atoms with Crippen LogP contribution in [0.5, 0.6) is 0 Å². The molecular weight excluding hydrogens is 206 g/mol. The summed E-state index contributed by atoms with van der Waals surface area (Å²) in [5, 5.41) is 1.10. The van der Waals surface area contributed by atoms with Crippen LogP contribution in [0, 0.1) is 6.92 Å². The van der Waals surface area contributed by atoms with Crippen LogP contribution in [-0.4, -0.2) is 4.98 Å². The average molecular weight is 223 g/mol. The van der Waals surface area contributed by atoms with Crippen LogP contribution in [0.3, 0.4) is 0 Å². The molecule has 0 amide bonds. The molecule has 82 valence electrons. The van der Waals surface area contributed by atoms with Crippen LogP contribution in [0.15, 0.2) is 17.8 Å². The molecule has 0 aliphatic heterocycles. The predicted octanol–water partition coefficient (Wildman–Crippen LogP) is 2.46. The number of hydrazine groups is 1. The molecule has 1 heterocycles. The molecule has 0 fully saturated rings. The van der Waals surface area contributed by atoms with Crippen molar-refractivity contribution in [1.29, 1.82) is 0 Å². The van der Waals surface area contributed by atoms with Crippen molar-refractivity contribution in [2.75, 3.05) is 0 Å². The van der Waals surface area contributed by atoms with Gasteiger partial charge in [-0.3, -0.25) is 5.84 Å². The van der Waals surface area contributed by atoms with E-state index in [0.29, 0.717) is 0 Å². The lowest BCUT2D eigenvalue weighted by atomic mass is 9.94. The maximum absolute atomic E-state index is 5.63. The maximum atomic E-state index is 5.63. The van der Waals surface area contributed by atoms with Gasteiger partial charge in [-0.15, -0.1) is 11.3 Å². The highest BCUT2D eigenvalue weighted by Gasteiger charge is 2.18. The van der Waals surface area contributed by atoms with Crippen LogP contribution < -0.4 is 11.3 Å². The van der Waals surface area contributed by atoms with Gasteiger partial charge in [0.25, 0.3) is 0 Å². The van der Waals surface area contributed by atoms with E-state index in [2.05, 4.69) is 16.5 Å². The number of nitrogens with zero attached hydrogens (tertiary/aromatic N) is 1. The van der Waals surface area contributed by atoms with Gasteiger partial charge in [0.05, 0.1) is 11.0 Å². The highest BCUT2D eigenvalue weighted by molar-refractivity contribution is 7.11. The van der Waals surface area contributed by atoms with Gasteiger partial charge in [-0.05, 0) is 32.6 Å². The minimum absolute atomic E-state index is 0.177. The summed E-state index contributed by atoms with van der Waals surface area (Å²) < 4.78 is 0. The molecule has 1 aromatic heterocycles. The molecule has 3 nitrogen and oxygen atoms in total. The molecule has 1 atom stereocenters. The fourth-order valence-corrected chi connectivity index (χ4v) is 2.90. The summed E-state index contributed by atoms with van der Waals surface area (Å²) in [5.41, 5.74) is 4.33. The third-order valence-electron chi connectivity index (χ3n) is 2.79. The van der Waals surface area contributed by atoms with E-state index in [-0.39, 0.29) is 6.04 Å². The molecule has 4 heteroatoms. The first-order valence-electron chi connectivity index (χ1n) is 5.38. The summed E-state index contributed by atoms with van der Waals surface area (Å²) in [7, 11) is 0. The van der Waals surface area contributed by atoms with E-state index >= 15 is 0 Å². The zero-order valence-electron chi connectivity index (χ0n) is 8.99. The Morgan fingerprint density at radius 2 is 2.40 bits per heavy atom. The second-order valence-corrected chi connectivity index (χ2v) is 5.17. The van der Waals surface area contributed by atoms with Crippen molar-refractivity contribution < 1.29 is 0 Å². The van der Waals surface area contributed by atoms with Crippen molar-refractivity contribution in [3.63, 3.8) is 0 Å². The van der Waals surface area contributed by atoms with E-state index in [1.165, 1.54) is 29.7 Å². The molecule has 1 aromatic rings. The standard InChI is InChI=1S/C11H17N3S/c1-8-13-7-10(15-8)11(14-12)9-5-3-2-4-6-9/h5,7,11,14H,2-4,6,12H2,1H3. The normalized spacial score (nSPS) is 18.7. The maximum Gasteiger partial charge on any atom is 0.0897 e. The highest BCUT2D eigenvalue weighted by Crippen LogP contribution is 2.31. The number of nitrogens with two attached hydrogens (primary N) is 1. The van der Waals surface area contributed by atoms with Crippen molar-refractivity contribution in [2.24, 2.45) is 5.84 Å². The van der Waals surface area contributed by atoms with Gasteiger partial charge < -0.3 is 0 Å². The average Bonchev–Trinajstić information content (AvgIpc) is 2.68. The van der Waals surface area contributed by atoms with E-state index in [1.54, 1.807) is 11.3 Å². The largest absolute Gasteiger partial charge is 0.271 e. The Bertz CT molecular complexity index is 356. The van der Waals surface area contributed by atoms with Gasteiger partial charge in [0.1, 0.15) is 0 Å². The molecule has 0 spiro atoms. The number of hydrogen-bond donors (Lipinski definition) is 2.